The Kier molecular flexibility index (Phi) is 4.33. The van der Waals surface area contributed by atoms with Gasteiger partial charge in [-0.2, -0.15) is 17.8 Å². The minimum atomic E-state index is -4.71. The summed E-state index contributed by atoms with van der Waals surface area (Å²) in [5.41, 5.74) is 0.162. The van der Waals surface area contributed by atoms with Crippen LogP contribution in [0.5, 0.6) is 0 Å². The van der Waals surface area contributed by atoms with Crippen LogP contribution in [0.2, 0.25) is 0 Å². The van der Waals surface area contributed by atoms with E-state index in [1.807, 2.05) is 0 Å². The van der Waals surface area contributed by atoms with Gasteiger partial charge in [-0.1, -0.05) is 3.89 Å². The fourth-order valence-corrected chi connectivity index (χ4v) is 2.56. The molecule has 0 N–H and O–H groups in total. The van der Waals surface area contributed by atoms with Gasteiger partial charge in [0.1, 0.15) is 12.4 Å². The summed E-state index contributed by atoms with van der Waals surface area (Å²) in [7, 11) is -4.71. The number of rotatable bonds is 4. The van der Waals surface area contributed by atoms with Crippen molar-refractivity contribution in [1.82, 2.24) is 19.0 Å². The molecule has 1 saturated heterocycles. The van der Waals surface area contributed by atoms with Crippen LogP contribution in [-0.4, -0.2) is 66.2 Å². The molecule has 1 aliphatic rings. The number of alkyl halides is 1. The normalized spacial score (nSPS) is 17.4. The van der Waals surface area contributed by atoms with Crippen molar-refractivity contribution < 1.29 is 21.5 Å². The van der Waals surface area contributed by atoms with E-state index >= 15 is 0 Å². The first kappa shape index (κ1) is 14.9. The molecule has 0 saturated carbocycles. The summed E-state index contributed by atoms with van der Waals surface area (Å²) in [6, 6.07) is 1.47. The average Bonchev–Trinajstić information content (AvgIpc) is 2.86. The first-order valence-corrected chi connectivity index (χ1v) is 7.34. The minimum absolute atomic E-state index is 0.0706. The Morgan fingerprint density at radius 1 is 1.30 bits per heavy atom. The van der Waals surface area contributed by atoms with Crippen molar-refractivity contribution in [1.29, 1.82) is 0 Å². The van der Waals surface area contributed by atoms with Crippen LogP contribution in [0.4, 0.5) is 8.28 Å². The average molecular weight is 308 g/mol. The van der Waals surface area contributed by atoms with E-state index in [1.165, 1.54) is 21.8 Å². The van der Waals surface area contributed by atoms with Gasteiger partial charge in [-0.25, -0.2) is 4.39 Å². The highest BCUT2D eigenvalue weighted by atomic mass is 32.3. The second-order valence-electron chi connectivity index (χ2n) is 4.29. The monoisotopic (exact) mass is 308 g/mol. The Morgan fingerprint density at radius 3 is 2.50 bits per heavy atom. The van der Waals surface area contributed by atoms with Gasteiger partial charge in [0, 0.05) is 32.4 Å². The summed E-state index contributed by atoms with van der Waals surface area (Å²) >= 11 is 0. The fourth-order valence-electron chi connectivity index (χ4n) is 1.96. The van der Waals surface area contributed by atoms with Crippen LogP contribution >= 0.6 is 0 Å². The summed E-state index contributed by atoms with van der Waals surface area (Å²) < 4.78 is 48.3. The predicted octanol–water partition coefficient (Wildman–Crippen LogP) is -0.175. The summed E-state index contributed by atoms with van der Waals surface area (Å²) in [6.45, 7) is -0.495. The molecule has 1 aliphatic heterocycles. The van der Waals surface area contributed by atoms with E-state index in [0.717, 1.165) is 0 Å². The second-order valence-corrected chi connectivity index (χ2v) is 5.63. The number of hydrogen-bond acceptors (Lipinski definition) is 4. The molecule has 112 valence electrons. The first-order chi connectivity index (χ1) is 9.41. The molecular weight excluding hydrogens is 294 g/mol. The van der Waals surface area contributed by atoms with Crippen LogP contribution in [0.1, 0.15) is 10.5 Å². The number of carbonyl (C=O) groups is 1. The number of halogens is 2. The molecule has 2 rings (SSSR count). The largest absolute Gasteiger partial charge is 0.374 e. The summed E-state index contributed by atoms with van der Waals surface area (Å²) in [6.07, 6.45) is 1.50. The molecule has 1 aromatic rings. The third-order valence-corrected chi connectivity index (χ3v) is 3.99. The van der Waals surface area contributed by atoms with Crippen molar-refractivity contribution in [3.8, 4) is 0 Å². The highest BCUT2D eigenvalue weighted by Gasteiger charge is 2.29. The van der Waals surface area contributed by atoms with Crippen molar-refractivity contribution in [2.75, 3.05) is 32.9 Å². The SMILES string of the molecule is O=C(c1ccn(CCF)n1)N1CCN(S(=O)(=O)F)CC1. The van der Waals surface area contributed by atoms with Crippen molar-refractivity contribution in [2.24, 2.45) is 0 Å². The quantitative estimate of drug-likeness (QED) is 0.724. The summed E-state index contributed by atoms with van der Waals surface area (Å²) in [5, 5.41) is 3.92. The van der Waals surface area contributed by atoms with Gasteiger partial charge in [-0.3, -0.25) is 9.48 Å². The number of aryl methyl sites for hydroxylation is 1. The van der Waals surface area contributed by atoms with E-state index in [-0.39, 0.29) is 44.3 Å². The van der Waals surface area contributed by atoms with Gasteiger partial charge in [-0.15, -0.1) is 0 Å². The predicted molar refractivity (Wildman–Crippen MR) is 65.7 cm³/mol. The Morgan fingerprint density at radius 2 is 1.95 bits per heavy atom. The molecule has 1 amide bonds. The summed E-state index contributed by atoms with van der Waals surface area (Å²) in [4.78, 5) is 13.5. The van der Waals surface area contributed by atoms with Gasteiger partial charge in [0.2, 0.25) is 0 Å². The standard InChI is InChI=1S/C10H14F2N4O3S/c11-2-4-15-3-1-9(13-15)10(17)14-5-7-16(8-6-14)20(12,18)19/h1,3H,2,4-8H2. The van der Waals surface area contributed by atoms with Crippen LogP contribution < -0.4 is 0 Å². The lowest BCUT2D eigenvalue weighted by atomic mass is 10.3. The van der Waals surface area contributed by atoms with E-state index in [1.54, 1.807) is 0 Å². The zero-order valence-electron chi connectivity index (χ0n) is 10.6. The summed E-state index contributed by atoms with van der Waals surface area (Å²) in [5.74, 6) is -0.376. The third kappa shape index (κ3) is 3.31. The Hall–Kier alpha value is -1.55. The Labute approximate surface area is 115 Å². The maximum absolute atomic E-state index is 12.8. The molecule has 20 heavy (non-hydrogen) atoms. The number of amides is 1. The van der Waals surface area contributed by atoms with Gasteiger partial charge in [0.25, 0.3) is 5.91 Å². The van der Waals surface area contributed by atoms with Crippen LogP contribution in [0, 0.1) is 0 Å². The van der Waals surface area contributed by atoms with Gasteiger partial charge in [-0.05, 0) is 6.07 Å². The molecule has 1 aromatic heterocycles. The Balaban J connectivity index is 1.97. The topological polar surface area (TPSA) is 75.5 Å². The fraction of sp³-hybridized carbons (Fsp3) is 0.600. The van der Waals surface area contributed by atoms with Gasteiger partial charge >= 0.3 is 10.4 Å². The molecular formula is C10H14F2N4O3S. The first-order valence-electron chi connectivity index (χ1n) is 6.00. The number of hydrogen-bond donors (Lipinski definition) is 0. The number of piperazine rings is 1. The van der Waals surface area contributed by atoms with Crippen molar-refractivity contribution in [3.05, 3.63) is 18.0 Å². The van der Waals surface area contributed by atoms with Crippen LogP contribution in [-0.2, 0) is 17.0 Å². The molecule has 0 unspecified atom stereocenters. The zero-order valence-corrected chi connectivity index (χ0v) is 11.4. The molecule has 1 fully saturated rings. The molecule has 0 bridgehead atoms. The maximum atomic E-state index is 12.8. The van der Waals surface area contributed by atoms with Gasteiger partial charge < -0.3 is 4.90 Å². The van der Waals surface area contributed by atoms with E-state index < -0.39 is 17.1 Å². The van der Waals surface area contributed by atoms with Crippen LogP contribution in [0.15, 0.2) is 12.3 Å². The molecule has 10 heteroatoms. The van der Waals surface area contributed by atoms with E-state index in [0.29, 0.717) is 4.31 Å². The van der Waals surface area contributed by atoms with Gasteiger partial charge in [0.15, 0.2) is 0 Å². The lowest BCUT2D eigenvalue weighted by molar-refractivity contribution is 0.0688. The molecule has 0 aliphatic carbocycles. The number of carbonyl (C=O) groups excluding carboxylic acids is 1. The molecule has 0 radical (unpaired) electrons. The molecule has 0 spiro atoms. The van der Waals surface area contributed by atoms with Crippen molar-refractivity contribution in [2.45, 2.75) is 6.54 Å². The smallest absolute Gasteiger partial charge is 0.335 e. The van der Waals surface area contributed by atoms with E-state index in [2.05, 4.69) is 5.10 Å². The van der Waals surface area contributed by atoms with E-state index in [9.17, 15) is 21.5 Å². The number of nitrogens with zero attached hydrogens (tertiary/aromatic N) is 4. The molecule has 7 nitrogen and oxygen atoms in total. The lowest BCUT2D eigenvalue weighted by Gasteiger charge is -2.31. The molecule has 2 heterocycles. The minimum Gasteiger partial charge on any atom is -0.335 e. The maximum Gasteiger partial charge on any atom is 0.374 e. The van der Waals surface area contributed by atoms with Crippen LogP contribution in [0.25, 0.3) is 0 Å². The number of aromatic nitrogens is 2. The van der Waals surface area contributed by atoms with E-state index in [4.69, 9.17) is 0 Å². The van der Waals surface area contributed by atoms with Crippen LogP contribution in [0.3, 0.4) is 0 Å². The molecule has 0 aromatic carbocycles. The highest BCUT2D eigenvalue weighted by Crippen LogP contribution is 2.11. The van der Waals surface area contributed by atoms with Crippen molar-refractivity contribution in [3.63, 3.8) is 0 Å². The highest BCUT2D eigenvalue weighted by molar-refractivity contribution is 7.83. The van der Waals surface area contributed by atoms with Gasteiger partial charge in [0.05, 0.1) is 6.54 Å². The Bertz CT molecular complexity index is 581. The van der Waals surface area contributed by atoms with Crippen molar-refractivity contribution >= 4 is 16.3 Å². The molecule has 0 atom stereocenters. The zero-order chi connectivity index (χ0) is 14.8. The lowest BCUT2D eigenvalue weighted by Crippen LogP contribution is -2.49. The second kappa shape index (κ2) is 5.83. The third-order valence-electron chi connectivity index (χ3n) is 3.01.